The standard InChI is InChI=1S/C30H37FN3O11P/c1-21(2)43-27(37)22(3)33-46(39,45-26-16-24(35)10-11-25(26)36)42-19-29(18-31)30(12-15-41-29,34-14-7-13-32-20-34)44-28(38)40-17-23-8-5-4-6-9-23/h4-11,14,16,21-22,32H,12-13,15,17-20H2,1-3H3,(H,33,39)/t22-,29-,30-,46?/m1/s1. The number of hydrogen-bond donors (Lipinski definition) is 2. The monoisotopic (exact) mass is 665 g/mol. The molecular weight excluding hydrogens is 628 g/mol. The molecule has 14 nitrogen and oxygen atoms in total. The third-order valence-electron chi connectivity index (χ3n) is 7.15. The summed E-state index contributed by atoms with van der Waals surface area (Å²) in [4.78, 5) is 51.6. The molecule has 0 saturated carbocycles. The Balaban J connectivity index is 1.63. The summed E-state index contributed by atoms with van der Waals surface area (Å²) in [6.07, 6.45) is 4.33. The van der Waals surface area contributed by atoms with Crippen molar-refractivity contribution in [2.75, 3.05) is 33.1 Å². The Kier molecular flexibility index (Phi) is 11.5. The predicted octanol–water partition coefficient (Wildman–Crippen LogP) is 3.20. The zero-order chi connectivity index (χ0) is 33.4. The quantitative estimate of drug-likeness (QED) is 0.169. The lowest BCUT2D eigenvalue weighted by molar-refractivity contribution is -0.217. The van der Waals surface area contributed by atoms with E-state index in [1.54, 1.807) is 56.5 Å². The lowest BCUT2D eigenvalue weighted by Gasteiger charge is -2.48. The summed E-state index contributed by atoms with van der Waals surface area (Å²) < 4.78 is 62.9. The predicted molar refractivity (Wildman–Crippen MR) is 159 cm³/mol. The molecule has 1 fully saturated rings. The number of halogens is 1. The summed E-state index contributed by atoms with van der Waals surface area (Å²) in [5.74, 6) is -2.89. The van der Waals surface area contributed by atoms with Gasteiger partial charge in [-0.15, -0.1) is 0 Å². The van der Waals surface area contributed by atoms with Crippen LogP contribution in [0.1, 0.15) is 32.8 Å². The van der Waals surface area contributed by atoms with Crippen molar-refractivity contribution in [1.82, 2.24) is 15.3 Å². The summed E-state index contributed by atoms with van der Waals surface area (Å²) in [6.45, 7) is 2.70. The second-order valence-electron chi connectivity index (χ2n) is 10.9. The summed E-state index contributed by atoms with van der Waals surface area (Å²) in [7, 11) is -4.79. The van der Waals surface area contributed by atoms with Gasteiger partial charge in [-0.3, -0.25) is 24.2 Å². The number of hydrogen-bond acceptors (Lipinski definition) is 13. The Bertz CT molecular complexity index is 1440. The molecule has 1 unspecified atom stereocenters. The van der Waals surface area contributed by atoms with E-state index in [0.717, 1.165) is 18.2 Å². The van der Waals surface area contributed by atoms with Gasteiger partial charge in [0.25, 0.3) is 0 Å². The van der Waals surface area contributed by atoms with Crippen LogP contribution in [0.3, 0.4) is 0 Å². The van der Waals surface area contributed by atoms with E-state index in [4.69, 9.17) is 28.0 Å². The Morgan fingerprint density at radius 3 is 2.61 bits per heavy atom. The molecule has 1 aliphatic carbocycles. The highest BCUT2D eigenvalue weighted by molar-refractivity contribution is 7.51. The highest BCUT2D eigenvalue weighted by atomic mass is 31.2. The first-order chi connectivity index (χ1) is 21.9. The molecule has 1 aromatic carbocycles. The van der Waals surface area contributed by atoms with Crippen molar-refractivity contribution in [3.63, 3.8) is 0 Å². The van der Waals surface area contributed by atoms with Crippen molar-refractivity contribution in [2.45, 2.75) is 57.3 Å². The van der Waals surface area contributed by atoms with Crippen LogP contribution in [-0.4, -0.2) is 85.2 Å². The number of nitrogens with zero attached hydrogens (tertiary/aromatic N) is 1. The topological polar surface area (TPSA) is 168 Å². The molecule has 2 N–H and O–H groups in total. The molecule has 0 radical (unpaired) electrons. The molecule has 16 heteroatoms. The molecule has 0 aromatic heterocycles. The van der Waals surface area contributed by atoms with Gasteiger partial charge in [-0.25, -0.2) is 13.8 Å². The van der Waals surface area contributed by atoms with Gasteiger partial charge in [0.05, 0.1) is 26.0 Å². The smallest absolute Gasteiger partial charge is 0.462 e. The molecule has 0 bridgehead atoms. The third-order valence-corrected chi connectivity index (χ3v) is 8.76. The van der Waals surface area contributed by atoms with E-state index in [0.29, 0.717) is 12.1 Å². The van der Waals surface area contributed by atoms with Crippen LogP contribution in [-0.2, 0) is 53.6 Å². The number of rotatable bonds is 14. The number of ether oxygens (including phenoxy) is 4. The molecule has 250 valence electrons. The maximum absolute atomic E-state index is 15.3. The van der Waals surface area contributed by atoms with E-state index in [1.807, 2.05) is 0 Å². The number of esters is 1. The summed E-state index contributed by atoms with van der Waals surface area (Å²) in [5.41, 5.74) is -3.32. The Labute approximate surface area is 265 Å². The summed E-state index contributed by atoms with van der Waals surface area (Å²) in [6, 6.07) is 7.53. The fraction of sp³-hybridized carbons (Fsp3) is 0.467. The van der Waals surface area contributed by atoms with Crippen molar-refractivity contribution in [3.8, 4) is 0 Å². The first-order valence-electron chi connectivity index (χ1n) is 14.6. The molecule has 1 aromatic rings. The molecule has 4 atom stereocenters. The van der Waals surface area contributed by atoms with Gasteiger partial charge in [-0.05, 0) is 38.5 Å². The zero-order valence-electron chi connectivity index (χ0n) is 25.6. The van der Waals surface area contributed by atoms with Crippen molar-refractivity contribution in [3.05, 3.63) is 72.2 Å². The van der Waals surface area contributed by atoms with Gasteiger partial charge < -0.3 is 28.4 Å². The van der Waals surface area contributed by atoms with Gasteiger partial charge in [-0.2, -0.15) is 5.09 Å². The lowest BCUT2D eigenvalue weighted by Crippen LogP contribution is -2.67. The maximum Gasteiger partial charge on any atom is 0.510 e. The van der Waals surface area contributed by atoms with E-state index in [2.05, 4.69) is 10.4 Å². The van der Waals surface area contributed by atoms with Crippen LogP contribution in [0.2, 0.25) is 0 Å². The Hall–Kier alpha value is -3.88. The molecule has 0 spiro atoms. The van der Waals surface area contributed by atoms with E-state index in [9.17, 15) is 23.7 Å². The second kappa shape index (κ2) is 15.1. The molecule has 3 aliphatic rings. The number of nitrogens with one attached hydrogen (secondary N) is 2. The van der Waals surface area contributed by atoms with Crippen LogP contribution in [0.15, 0.2) is 66.6 Å². The van der Waals surface area contributed by atoms with Gasteiger partial charge in [-0.1, -0.05) is 36.4 Å². The van der Waals surface area contributed by atoms with E-state index < -0.39 is 74.0 Å². The van der Waals surface area contributed by atoms with E-state index in [-0.39, 0.29) is 26.3 Å². The van der Waals surface area contributed by atoms with Crippen molar-refractivity contribution >= 4 is 31.4 Å². The van der Waals surface area contributed by atoms with Crippen molar-refractivity contribution < 1.29 is 56.1 Å². The first kappa shape index (κ1) is 35.0. The minimum atomic E-state index is -4.79. The van der Waals surface area contributed by atoms with Crippen LogP contribution in [0.5, 0.6) is 0 Å². The number of carbonyl (C=O) groups is 4. The fourth-order valence-electron chi connectivity index (χ4n) is 4.89. The molecular formula is C30H37FN3O11P. The Morgan fingerprint density at radius 2 is 1.93 bits per heavy atom. The number of allylic oxidation sites excluding steroid dienone is 3. The number of benzene rings is 1. The van der Waals surface area contributed by atoms with Crippen LogP contribution < -0.4 is 10.4 Å². The van der Waals surface area contributed by atoms with Crippen molar-refractivity contribution in [1.29, 1.82) is 0 Å². The van der Waals surface area contributed by atoms with Crippen molar-refractivity contribution in [2.24, 2.45) is 0 Å². The van der Waals surface area contributed by atoms with E-state index in [1.165, 1.54) is 11.8 Å². The average Bonchev–Trinajstić information content (AvgIpc) is 3.40. The van der Waals surface area contributed by atoms with Crippen LogP contribution in [0.25, 0.3) is 0 Å². The minimum absolute atomic E-state index is 0.0502. The second-order valence-corrected chi connectivity index (χ2v) is 12.6. The molecule has 2 aliphatic heterocycles. The first-order valence-corrected chi connectivity index (χ1v) is 16.1. The van der Waals surface area contributed by atoms with Gasteiger partial charge in [0.1, 0.15) is 19.3 Å². The highest BCUT2D eigenvalue weighted by Gasteiger charge is 2.64. The maximum atomic E-state index is 15.3. The minimum Gasteiger partial charge on any atom is -0.462 e. The van der Waals surface area contributed by atoms with Gasteiger partial charge >= 0.3 is 19.9 Å². The zero-order valence-corrected chi connectivity index (χ0v) is 26.5. The molecule has 2 heterocycles. The van der Waals surface area contributed by atoms with Gasteiger partial charge in [0, 0.05) is 25.2 Å². The fourth-order valence-corrected chi connectivity index (χ4v) is 6.43. The molecule has 0 amide bonds. The SMILES string of the molecule is CC(C)OC(=O)[C@@H](C)NP(=O)(OC[C@@]1(CF)OCC[C@]1(OC(=O)OCc1ccccc1)N1C=CCNC1)OC1=CC(=O)C=CC1=O. The van der Waals surface area contributed by atoms with Crippen LogP contribution >= 0.6 is 7.75 Å². The highest BCUT2D eigenvalue weighted by Crippen LogP contribution is 2.51. The summed E-state index contributed by atoms with van der Waals surface area (Å²) in [5, 5.41) is 5.47. The number of carbonyl (C=O) groups excluding carboxylic acids is 4. The lowest BCUT2D eigenvalue weighted by atomic mass is 9.90. The molecule has 1 saturated heterocycles. The van der Waals surface area contributed by atoms with Crippen LogP contribution in [0, 0.1) is 0 Å². The number of ketones is 2. The molecule has 46 heavy (non-hydrogen) atoms. The van der Waals surface area contributed by atoms with Gasteiger partial charge in [0.15, 0.2) is 17.1 Å². The number of alkyl halides is 1. The average molecular weight is 666 g/mol. The Morgan fingerprint density at radius 1 is 1.17 bits per heavy atom. The summed E-state index contributed by atoms with van der Waals surface area (Å²) >= 11 is 0. The third kappa shape index (κ3) is 8.28. The normalized spacial score (nSPS) is 24.7. The largest absolute Gasteiger partial charge is 0.510 e. The van der Waals surface area contributed by atoms with Crippen LogP contribution in [0.4, 0.5) is 9.18 Å². The van der Waals surface area contributed by atoms with E-state index >= 15 is 4.39 Å². The molecule has 4 rings (SSSR count). The van der Waals surface area contributed by atoms with Gasteiger partial charge in [0.2, 0.25) is 11.5 Å².